The van der Waals surface area contributed by atoms with Crippen molar-refractivity contribution in [2.75, 3.05) is 4.90 Å². The van der Waals surface area contributed by atoms with Crippen molar-refractivity contribution in [2.45, 2.75) is 29.5 Å². The molecule has 5 nitrogen and oxygen atoms in total. The molecule has 172 valence electrons. The Labute approximate surface area is 213 Å². The van der Waals surface area contributed by atoms with Crippen LogP contribution in [0.4, 0.5) is 5.69 Å². The van der Waals surface area contributed by atoms with Crippen molar-refractivity contribution in [3.63, 3.8) is 0 Å². The highest BCUT2D eigenvalue weighted by Gasteiger charge is 2.69. The van der Waals surface area contributed by atoms with Gasteiger partial charge >= 0.3 is 4.87 Å². The molecule has 7 atom stereocenters. The van der Waals surface area contributed by atoms with E-state index in [4.69, 9.17) is 0 Å². The Morgan fingerprint density at radius 2 is 1.74 bits per heavy atom. The molecule has 1 saturated heterocycles. The summed E-state index contributed by atoms with van der Waals surface area (Å²) in [7, 11) is 0. The summed E-state index contributed by atoms with van der Waals surface area (Å²) in [6.07, 6.45) is 0.903. The summed E-state index contributed by atoms with van der Waals surface area (Å²) < 4.78 is 1.00. The standard InChI is InChI=1S/C26H21BrN2O3S2/c1-11-5-7-14(8-6-11)29-24(30)19-15-10-16(20(19)25(29)31)21-18(15)17(12-3-2-4-13(27)9-12)22-23(33-21)28-26(32)34-22/h2-9,15-21H,10H2,1H3,(H,28,32)/t15?,16?,17-,18?,19?,20?,21?/m1/s1. The number of nitrogens with zero attached hydrogens (tertiary/aromatic N) is 1. The Morgan fingerprint density at radius 3 is 2.47 bits per heavy atom. The number of nitrogens with one attached hydrogen (secondary N) is 1. The van der Waals surface area contributed by atoms with Gasteiger partial charge in [0.15, 0.2) is 0 Å². The van der Waals surface area contributed by atoms with E-state index in [-0.39, 0.29) is 57.4 Å². The van der Waals surface area contributed by atoms with Crippen LogP contribution >= 0.6 is 39.0 Å². The zero-order valence-electron chi connectivity index (χ0n) is 18.2. The van der Waals surface area contributed by atoms with Crippen LogP contribution in [0.3, 0.4) is 0 Å². The Bertz CT molecular complexity index is 1410. The number of fused-ring (bicyclic) bond motifs is 9. The highest BCUT2D eigenvalue weighted by Crippen LogP contribution is 2.68. The van der Waals surface area contributed by atoms with Gasteiger partial charge in [-0.3, -0.25) is 19.3 Å². The van der Waals surface area contributed by atoms with Crippen LogP contribution in [-0.4, -0.2) is 22.0 Å². The number of rotatable bonds is 2. The second-order valence-electron chi connectivity index (χ2n) is 9.86. The summed E-state index contributed by atoms with van der Waals surface area (Å²) >= 11 is 6.63. The van der Waals surface area contributed by atoms with E-state index in [0.29, 0.717) is 5.69 Å². The van der Waals surface area contributed by atoms with Gasteiger partial charge in [-0.2, -0.15) is 0 Å². The van der Waals surface area contributed by atoms with Crippen LogP contribution in [0.15, 0.2) is 62.8 Å². The van der Waals surface area contributed by atoms with Crippen LogP contribution in [0.5, 0.6) is 0 Å². The lowest BCUT2D eigenvalue weighted by atomic mass is 9.68. The summed E-state index contributed by atoms with van der Waals surface area (Å²) in [6, 6.07) is 16.0. The number of amides is 2. The molecule has 2 amide bonds. The maximum absolute atomic E-state index is 13.7. The molecule has 3 aromatic rings. The van der Waals surface area contributed by atoms with Gasteiger partial charge in [0, 0.05) is 20.5 Å². The van der Waals surface area contributed by atoms with E-state index in [1.54, 1.807) is 11.8 Å². The highest BCUT2D eigenvalue weighted by atomic mass is 79.9. The quantitative estimate of drug-likeness (QED) is 0.444. The fourth-order valence-corrected chi connectivity index (χ4v) is 10.3. The zero-order chi connectivity index (χ0) is 23.3. The summed E-state index contributed by atoms with van der Waals surface area (Å²) in [4.78, 5) is 45.2. The number of carbonyl (C=O) groups excluding carboxylic acids is 2. The Hall–Kier alpha value is -2.16. The molecule has 2 aromatic carbocycles. The van der Waals surface area contributed by atoms with Gasteiger partial charge in [0.1, 0.15) is 0 Å². The number of aromatic nitrogens is 1. The average Bonchev–Trinajstić information content (AvgIpc) is 3.53. The van der Waals surface area contributed by atoms with Gasteiger partial charge in [0.2, 0.25) is 11.8 Å². The molecule has 7 rings (SSSR count). The minimum atomic E-state index is -0.271. The lowest BCUT2D eigenvalue weighted by molar-refractivity contribution is -0.123. The number of halogens is 1. The number of anilines is 1. The molecule has 8 heteroatoms. The molecule has 0 spiro atoms. The number of thiazole rings is 1. The summed E-state index contributed by atoms with van der Waals surface area (Å²) in [6.45, 7) is 2.00. The van der Waals surface area contributed by atoms with E-state index >= 15 is 0 Å². The molecule has 0 radical (unpaired) electrons. The first-order valence-electron chi connectivity index (χ1n) is 11.5. The molecule has 2 saturated carbocycles. The monoisotopic (exact) mass is 552 g/mol. The molecule has 1 aromatic heterocycles. The Morgan fingerprint density at radius 1 is 1.00 bits per heavy atom. The van der Waals surface area contributed by atoms with Crippen LogP contribution in [0.25, 0.3) is 0 Å². The second kappa shape index (κ2) is 7.42. The van der Waals surface area contributed by atoms with E-state index in [0.717, 1.165) is 31.9 Å². The molecule has 4 aliphatic rings. The third-order valence-corrected chi connectivity index (χ3v) is 11.3. The van der Waals surface area contributed by atoms with E-state index in [2.05, 4.69) is 33.0 Å². The number of aromatic amines is 1. The van der Waals surface area contributed by atoms with Crippen molar-refractivity contribution < 1.29 is 9.59 Å². The smallest absolute Gasteiger partial charge is 0.305 e. The van der Waals surface area contributed by atoms with Gasteiger partial charge in [-0.1, -0.05) is 57.1 Å². The van der Waals surface area contributed by atoms with Crippen molar-refractivity contribution in [2.24, 2.45) is 29.6 Å². The summed E-state index contributed by atoms with van der Waals surface area (Å²) in [5, 5.41) is 1.15. The molecule has 3 heterocycles. The second-order valence-corrected chi connectivity index (χ2v) is 13.0. The molecule has 2 aliphatic heterocycles. The number of carbonyl (C=O) groups is 2. The van der Waals surface area contributed by atoms with Crippen molar-refractivity contribution in [3.05, 3.63) is 78.7 Å². The van der Waals surface area contributed by atoms with Crippen LogP contribution in [0, 0.1) is 36.5 Å². The molecule has 2 aliphatic carbocycles. The first-order valence-corrected chi connectivity index (χ1v) is 14.0. The lowest BCUT2D eigenvalue weighted by Gasteiger charge is -2.43. The molecule has 34 heavy (non-hydrogen) atoms. The third kappa shape index (κ3) is 2.82. The molecule has 2 bridgehead atoms. The zero-order valence-corrected chi connectivity index (χ0v) is 21.5. The largest absolute Gasteiger partial charge is 0.307 e. The number of hydrogen-bond acceptors (Lipinski definition) is 5. The maximum atomic E-state index is 13.7. The SMILES string of the molecule is Cc1ccc(N2C(=O)C3C4CC(C3C2=O)C2C4Sc3[nH]c(=O)sc3[C@@H]2c2cccc(Br)c2)cc1. The van der Waals surface area contributed by atoms with Gasteiger partial charge in [-0.25, -0.2) is 0 Å². The van der Waals surface area contributed by atoms with Crippen LogP contribution in [0.1, 0.15) is 28.3 Å². The first-order chi connectivity index (χ1) is 16.4. The predicted molar refractivity (Wildman–Crippen MR) is 136 cm³/mol. The highest BCUT2D eigenvalue weighted by molar-refractivity contribution is 9.10. The van der Waals surface area contributed by atoms with E-state index < -0.39 is 0 Å². The van der Waals surface area contributed by atoms with E-state index in [1.165, 1.54) is 16.2 Å². The van der Waals surface area contributed by atoms with E-state index in [1.807, 2.05) is 43.3 Å². The van der Waals surface area contributed by atoms with Gasteiger partial charge < -0.3 is 4.98 Å². The fourth-order valence-electron chi connectivity index (χ4n) is 7.04. The van der Waals surface area contributed by atoms with E-state index in [9.17, 15) is 14.4 Å². The maximum Gasteiger partial charge on any atom is 0.305 e. The number of thioether (sulfide) groups is 1. The van der Waals surface area contributed by atoms with Crippen molar-refractivity contribution in [3.8, 4) is 0 Å². The number of imide groups is 1. The normalized spacial score (nSPS) is 33.2. The Kier molecular flexibility index (Phi) is 4.61. The molecule has 6 unspecified atom stereocenters. The van der Waals surface area contributed by atoms with Gasteiger partial charge in [0.25, 0.3) is 0 Å². The van der Waals surface area contributed by atoms with Gasteiger partial charge in [-0.05, 0) is 60.9 Å². The first kappa shape index (κ1) is 21.1. The Balaban J connectivity index is 1.33. The van der Waals surface area contributed by atoms with Crippen LogP contribution < -0.4 is 9.77 Å². The number of hydrogen-bond donors (Lipinski definition) is 1. The minimum Gasteiger partial charge on any atom is -0.307 e. The lowest BCUT2D eigenvalue weighted by Crippen LogP contribution is -2.42. The third-order valence-electron chi connectivity index (χ3n) is 8.22. The molecule has 3 fully saturated rings. The fraction of sp³-hybridized carbons (Fsp3) is 0.346. The van der Waals surface area contributed by atoms with Crippen molar-refractivity contribution in [1.29, 1.82) is 0 Å². The predicted octanol–water partition coefficient (Wildman–Crippen LogP) is 5.19. The van der Waals surface area contributed by atoms with Crippen LogP contribution in [-0.2, 0) is 9.59 Å². The van der Waals surface area contributed by atoms with Crippen molar-refractivity contribution >= 4 is 56.5 Å². The van der Waals surface area contributed by atoms with Gasteiger partial charge in [-0.15, -0.1) is 11.8 Å². The number of benzene rings is 2. The average molecular weight is 554 g/mol. The van der Waals surface area contributed by atoms with Crippen molar-refractivity contribution in [1.82, 2.24) is 4.98 Å². The van der Waals surface area contributed by atoms with Gasteiger partial charge in [0.05, 0.1) is 22.5 Å². The summed E-state index contributed by atoms with van der Waals surface area (Å²) in [5.74, 6) is -0.0777. The van der Waals surface area contributed by atoms with Crippen LogP contribution in [0.2, 0.25) is 0 Å². The summed E-state index contributed by atoms with van der Waals surface area (Å²) in [5.41, 5.74) is 2.94. The number of aryl methyl sites for hydroxylation is 1. The molecule has 1 N–H and O–H groups in total. The topological polar surface area (TPSA) is 70.2 Å². The minimum absolute atomic E-state index is 0.0392. The molecular weight excluding hydrogens is 532 g/mol. The molecular formula is C26H21BrN2O3S2. The number of H-pyrrole nitrogens is 1.